The van der Waals surface area contributed by atoms with Crippen LogP contribution in [-0.2, 0) is 25.7 Å². The number of fused-ring (bicyclic) bond motifs is 1. The lowest BCUT2D eigenvalue weighted by molar-refractivity contribution is -0.160. The fourth-order valence-corrected chi connectivity index (χ4v) is 7.95. The van der Waals surface area contributed by atoms with Gasteiger partial charge in [-0.15, -0.1) is 11.8 Å². The number of tetrazole rings is 1. The van der Waals surface area contributed by atoms with Crippen molar-refractivity contribution in [1.82, 2.24) is 35.3 Å². The van der Waals surface area contributed by atoms with Crippen LogP contribution in [0.5, 0.6) is 0 Å². The minimum atomic E-state index is -1.13. The van der Waals surface area contributed by atoms with Gasteiger partial charge in [-0.2, -0.15) is 0 Å². The molecule has 7 atom stereocenters. The van der Waals surface area contributed by atoms with Crippen molar-refractivity contribution in [3.8, 4) is 0 Å². The molecule has 3 saturated heterocycles. The molecular weight excluding hydrogens is 538 g/mol. The summed E-state index contributed by atoms with van der Waals surface area (Å²) in [7, 11) is 3.56. The summed E-state index contributed by atoms with van der Waals surface area (Å²) in [6.07, 6.45) is 1.53. The number of nitrogens with zero attached hydrogens (tertiary/aromatic N) is 7. The van der Waals surface area contributed by atoms with Crippen LogP contribution in [0, 0.1) is 17.8 Å². The van der Waals surface area contributed by atoms with Gasteiger partial charge in [0.25, 0.3) is 0 Å². The second-order valence-electron chi connectivity index (χ2n) is 11.6. The van der Waals surface area contributed by atoms with Gasteiger partial charge in [-0.05, 0) is 29.2 Å². The van der Waals surface area contributed by atoms with Crippen molar-refractivity contribution in [3.05, 3.63) is 10.6 Å². The number of amides is 2. The number of nitrogens with one attached hydrogen (secondary N) is 1. The Morgan fingerprint density at radius 2 is 2.05 bits per heavy atom. The van der Waals surface area contributed by atoms with Crippen LogP contribution in [0.4, 0.5) is 5.95 Å². The number of hydrogen-bond donors (Lipinski definition) is 3. The molecule has 4 aliphatic rings. The van der Waals surface area contributed by atoms with Gasteiger partial charge in [0.1, 0.15) is 12.2 Å². The van der Waals surface area contributed by atoms with Crippen molar-refractivity contribution in [2.75, 3.05) is 38.6 Å². The van der Waals surface area contributed by atoms with Crippen LogP contribution in [-0.4, -0.2) is 116 Å². The van der Waals surface area contributed by atoms with E-state index in [1.807, 2.05) is 13.8 Å². The highest BCUT2D eigenvalue weighted by molar-refractivity contribution is 8.03. The molecular formula is C25H37N9O5S. The first kappa shape index (κ1) is 28.5. The Morgan fingerprint density at radius 3 is 2.70 bits per heavy atom. The third-order valence-electron chi connectivity index (χ3n) is 8.41. The minimum Gasteiger partial charge on any atom is -0.477 e. The number of β-lactam (4-membered cyclic amide) rings is 1. The normalized spacial score (nSPS) is 30.5. The lowest BCUT2D eigenvalue weighted by atomic mass is 9.73. The zero-order chi connectivity index (χ0) is 28.9. The van der Waals surface area contributed by atoms with Crippen LogP contribution in [0.2, 0.25) is 0 Å². The summed E-state index contributed by atoms with van der Waals surface area (Å²) in [5.41, 5.74) is 6.00. The first-order valence-corrected chi connectivity index (χ1v) is 14.6. The molecule has 4 N–H and O–H groups in total. The molecule has 0 aliphatic carbocycles. The summed E-state index contributed by atoms with van der Waals surface area (Å²) >= 11 is 1.46. The number of carbonyl (C=O) groups is 4. The quantitative estimate of drug-likeness (QED) is 0.294. The Balaban J connectivity index is 1.23. The smallest absolute Gasteiger partial charge is 0.353 e. The average molecular weight is 576 g/mol. The Hall–Kier alpha value is -3.04. The third-order valence-corrected chi connectivity index (χ3v) is 9.92. The van der Waals surface area contributed by atoms with E-state index in [4.69, 9.17) is 5.73 Å². The molecule has 14 nitrogen and oxygen atoms in total. The Morgan fingerprint density at radius 1 is 1.30 bits per heavy atom. The number of aliphatic carboxylic acids is 1. The number of nitrogens with two attached hydrogens (primary N) is 1. The molecule has 0 radical (unpaired) electrons. The lowest BCUT2D eigenvalue weighted by Crippen LogP contribution is -2.62. The van der Waals surface area contributed by atoms with Crippen molar-refractivity contribution < 1.29 is 24.3 Å². The molecule has 1 aromatic heterocycles. The molecule has 15 heteroatoms. The van der Waals surface area contributed by atoms with Gasteiger partial charge in [-0.25, -0.2) is 9.48 Å². The lowest BCUT2D eigenvalue weighted by Gasteiger charge is -2.47. The number of thioether (sulfide) groups is 1. The highest BCUT2D eigenvalue weighted by Crippen LogP contribution is 2.53. The number of likely N-dealkylation sites (tertiary alicyclic amines) is 1. The van der Waals surface area contributed by atoms with Gasteiger partial charge in [0.05, 0.1) is 18.0 Å². The molecule has 4 aliphatic heterocycles. The topological polar surface area (TPSA) is 180 Å². The van der Waals surface area contributed by atoms with Crippen LogP contribution >= 0.6 is 11.8 Å². The van der Waals surface area contributed by atoms with Crippen molar-refractivity contribution in [1.29, 1.82) is 0 Å². The highest BCUT2D eigenvalue weighted by Gasteiger charge is 2.60. The number of anilines is 1. The fraction of sp³-hybridized carbons (Fsp3) is 0.720. The Bertz CT molecular complexity index is 1230. The summed E-state index contributed by atoms with van der Waals surface area (Å²) in [6.45, 7) is 5.60. The summed E-state index contributed by atoms with van der Waals surface area (Å²) in [4.78, 5) is 57.0. The Labute approximate surface area is 236 Å². The van der Waals surface area contributed by atoms with Gasteiger partial charge in [-0.1, -0.05) is 18.9 Å². The molecule has 0 bridgehead atoms. The molecule has 3 fully saturated rings. The van der Waals surface area contributed by atoms with Crippen molar-refractivity contribution >= 4 is 41.3 Å². The molecule has 5 heterocycles. The van der Waals surface area contributed by atoms with Crippen LogP contribution < -0.4 is 16.0 Å². The van der Waals surface area contributed by atoms with E-state index in [-0.39, 0.29) is 71.5 Å². The number of hydrogen-bond acceptors (Lipinski definition) is 11. The molecule has 1 unspecified atom stereocenters. The minimum absolute atomic E-state index is 0.00506. The van der Waals surface area contributed by atoms with E-state index < -0.39 is 11.9 Å². The number of rotatable bonds is 10. The number of aromatic nitrogens is 4. The predicted octanol–water partition coefficient (Wildman–Crippen LogP) is -0.869. The van der Waals surface area contributed by atoms with Crippen LogP contribution in [0.3, 0.4) is 0 Å². The average Bonchev–Trinajstić information content (AvgIpc) is 3.67. The second kappa shape index (κ2) is 11.1. The molecule has 2 amide bonds. The van der Waals surface area contributed by atoms with Crippen LogP contribution in [0.15, 0.2) is 10.6 Å². The highest BCUT2D eigenvalue weighted by atomic mass is 32.2. The summed E-state index contributed by atoms with van der Waals surface area (Å²) in [6, 6.07) is -0.618. The maximum Gasteiger partial charge on any atom is 0.353 e. The van der Waals surface area contributed by atoms with E-state index in [1.54, 1.807) is 23.9 Å². The first-order chi connectivity index (χ1) is 19.0. The fourth-order valence-electron chi connectivity index (χ4n) is 6.48. The summed E-state index contributed by atoms with van der Waals surface area (Å²) in [5, 5.41) is 24.8. The monoisotopic (exact) mass is 575 g/mol. The molecule has 0 spiro atoms. The van der Waals surface area contributed by atoms with E-state index in [2.05, 4.69) is 20.8 Å². The third kappa shape index (κ3) is 5.09. The molecule has 5 rings (SSSR count). The van der Waals surface area contributed by atoms with Gasteiger partial charge >= 0.3 is 5.97 Å². The zero-order valence-electron chi connectivity index (χ0n) is 23.2. The van der Waals surface area contributed by atoms with Gasteiger partial charge < -0.3 is 30.9 Å². The van der Waals surface area contributed by atoms with Crippen molar-refractivity contribution in [3.63, 3.8) is 0 Å². The first-order valence-electron chi connectivity index (χ1n) is 13.7. The molecule has 40 heavy (non-hydrogen) atoms. The van der Waals surface area contributed by atoms with E-state index in [0.29, 0.717) is 36.9 Å². The standard InChI is InChI=1S/C25H37N9O5S/c1-12(7-15(35)11-33-25(31(3)4)28-29-30-33)18-19-13(2)21(20(24(38)39)34(19)23(18)37)40-16-8-17(27-9-16)22(36)32-6-5-14(26)10-32/h12-14,16-19,27H,5-11,26H2,1-4H3,(H,38,39)/t12-,13+,14+,16-,17?,18+,19-/m0/s1. The van der Waals surface area contributed by atoms with E-state index in [1.165, 1.54) is 21.3 Å². The van der Waals surface area contributed by atoms with Gasteiger partial charge in [-0.3, -0.25) is 14.4 Å². The maximum atomic E-state index is 13.3. The number of carboxylic acids is 1. The number of carbonyl (C=O) groups excluding carboxylic acids is 3. The number of Topliss-reactive ketones (excluding diaryl/α,β-unsaturated/α-hetero) is 1. The zero-order valence-corrected chi connectivity index (χ0v) is 24.0. The predicted molar refractivity (Wildman–Crippen MR) is 146 cm³/mol. The van der Waals surface area contributed by atoms with Gasteiger partial charge in [0, 0.05) is 62.3 Å². The van der Waals surface area contributed by atoms with E-state index in [9.17, 15) is 24.3 Å². The second-order valence-corrected chi connectivity index (χ2v) is 12.9. The van der Waals surface area contributed by atoms with Crippen LogP contribution in [0.25, 0.3) is 0 Å². The van der Waals surface area contributed by atoms with Gasteiger partial charge in [0.2, 0.25) is 17.8 Å². The summed E-state index contributed by atoms with van der Waals surface area (Å²) < 4.78 is 1.42. The van der Waals surface area contributed by atoms with Crippen molar-refractivity contribution in [2.24, 2.45) is 23.5 Å². The SMILES string of the molecule is C[C@@H](CC(=O)Cn1nnnc1N(C)C)[C@H]1C(=O)N2C(C(=O)O)=C(S[C@@H]3CNC(C(=O)N4CC[C@@H](N)C4)C3)[C@H](C)[C@@H]12. The summed E-state index contributed by atoms with van der Waals surface area (Å²) in [5.74, 6) is -1.91. The van der Waals surface area contributed by atoms with Crippen molar-refractivity contribution in [2.45, 2.75) is 63.0 Å². The van der Waals surface area contributed by atoms with Crippen LogP contribution in [0.1, 0.15) is 33.1 Å². The van der Waals surface area contributed by atoms with E-state index >= 15 is 0 Å². The van der Waals surface area contributed by atoms with E-state index in [0.717, 1.165) is 6.42 Å². The largest absolute Gasteiger partial charge is 0.477 e. The molecule has 0 aromatic carbocycles. The molecule has 218 valence electrons. The Kier molecular flexibility index (Phi) is 7.90. The number of ketones is 1. The molecule has 0 saturated carbocycles. The maximum absolute atomic E-state index is 13.3. The van der Waals surface area contributed by atoms with Gasteiger partial charge in [0.15, 0.2) is 5.78 Å². The number of carboxylic acid groups (broad SMARTS) is 1. The molecule has 1 aromatic rings.